The highest BCUT2D eigenvalue weighted by Gasteiger charge is 2.34. The summed E-state index contributed by atoms with van der Waals surface area (Å²) in [6, 6.07) is 8.01. The maximum Gasteiger partial charge on any atom is 0.127 e. The third-order valence-electron chi connectivity index (χ3n) is 3.22. The zero-order chi connectivity index (χ0) is 14.6. The molecule has 0 aliphatic carbocycles. The van der Waals surface area contributed by atoms with Crippen LogP contribution in [0.2, 0.25) is 0 Å². The third-order valence-corrected chi connectivity index (χ3v) is 3.22. The lowest BCUT2D eigenvalue weighted by Gasteiger charge is -2.35. The molecule has 0 heterocycles. The van der Waals surface area contributed by atoms with Gasteiger partial charge in [0.2, 0.25) is 0 Å². The van der Waals surface area contributed by atoms with Gasteiger partial charge in [-0.25, -0.2) is 0 Å². The van der Waals surface area contributed by atoms with E-state index in [1.807, 2.05) is 51.0 Å². The van der Waals surface area contributed by atoms with Crippen LogP contribution in [0.3, 0.4) is 0 Å². The van der Waals surface area contributed by atoms with Gasteiger partial charge in [-0.05, 0) is 34.0 Å². The first-order valence-electron chi connectivity index (χ1n) is 6.17. The molecule has 0 bridgehead atoms. The second-order valence-corrected chi connectivity index (χ2v) is 5.31. The van der Waals surface area contributed by atoms with Crippen molar-refractivity contribution in [2.24, 2.45) is 5.41 Å². The molecule has 0 spiro atoms. The van der Waals surface area contributed by atoms with Gasteiger partial charge in [-0.1, -0.05) is 6.07 Å². The Morgan fingerprint density at radius 3 is 2.26 bits per heavy atom. The maximum atomic E-state index is 9.40. The van der Waals surface area contributed by atoms with E-state index in [2.05, 4.69) is 6.07 Å². The Morgan fingerprint density at radius 2 is 1.84 bits per heavy atom. The molecule has 0 aliphatic rings. The predicted molar refractivity (Wildman–Crippen MR) is 75.4 cm³/mol. The molecule has 0 saturated carbocycles. The highest BCUT2D eigenvalue weighted by atomic mass is 16.5. The van der Waals surface area contributed by atoms with Crippen LogP contribution in [0.15, 0.2) is 18.2 Å². The minimum absolute atomic E-state index is 0.0571. The standard InChI is InChI=1S/C15H22N2O2/c1-15(2,10-16)14(17(3)4)12-8-7-11(18-5)9-13(12)19-6/h7-9,14H,1-6H3. The molecule has 0 radical (unpaired) electrons. The Morgan fingerprint density at radius 1 is 1.21 bits per heavy atom. The molecule has 1 rings (SSSR count). The third kappa shape index (κ3) is 3.18. The van der Waals surface area contributed by atoms with Crippen molar-refractivity contribution in [2.45, 2.75) is 19.9 Å². The molecule has 1 aromatic rings. The van der Waals surface area contributed by atoms with Crippen molar-refractivity contribution in [3.05, 3.63) is 23.8 Å². The van der Waals surface area contributed by atoms with Crippen molar-refractivity contribution in [1.29, 1.82) is 5.26 Å². The summed E-state index contributed by atoms with van der Waals surface area (Å²) in [7, 11) is 7.18. The molecule has 1 unspecified atom stereocenters. The molecule has 0 saturated heterocycles. The van der Waals surface area contributed by atoms with Crippen molar-refractivity contribution in [1.82, 2.24) is 4.90 Å². The van der Waals surface area contributed by atoms with Gasteiger partial charge in [-0.15, -0.1) is 0 Å². The van der Waals surface area contributed by atoms with E-state index in [9.17, 15) is 5.26 Å². The topological polar surface area (TPSA) is 45.5 Å². The Labute approximate surface area is 115 Å². The first-order chi connectivity index (χ1) is 8.87. The Balaban J connectivity index is 3.36. The lowest BCUT2D eigenvalue weighted by atomic mass is 9.80. The van der Waals surface area contributed by atoms with Gasteiger partial charge in [0.25, 0.3) is 0 Å². The quantitative estimate of drug-likeness (QED) is 0.818. The molecule has 0 aromatic heterocycles. The number of rotatable bonds is 5. The predicted octanol–water partition coefficient (Wildman–Crippen LogP) is 2.86. The monoisotopic (exact) mass is 262 g/mol. The minimum atomic E-state index is -0.522. The van der Waals surface area contributed by atoms with Crippen molar-refractivity contribution in [3.8, 4) is 17.6 Å². The summed E-state index contributed by atoms with van der Waals surface area (Å²) in [5.74, 6) is 1.48. The van der Waals surface area contributed by atoms with Crippen molar-refractivity contribution < 1.29 is 9.47 Å². The fourth-order valence-corrected chi connectivity index (χ4v) is 2.42. The van der Waals surface area contributed by atoms with Crippen LogP contribution in [0.4, 0.5) is 0 Å². The fourth-order valence-electron chi connectivity index (χ4n) is 2.42. The minimum Gasteiger partial charge on any atom is -0.497 e. The van der Waals surface area contributed by atoms with Crippen molar-refractivity contribution >= 4 is 0 Å². The second kappa shape index (κ2) is 5.94. The highest BCUT2D eigenvalue weighted by Crippen LogP contribution is 2.41. The van der Waals surface area contributed by atoms with E-state index in [0.29, 0.717) is 0 Å². The number of hydrogen-bond donors (Lipinski definition) is 0. The Hall–Kier alpha value is -1.73. The summed E-state index contributed by atoms with van der Waals surface area (Å²) in [4.78, 5) is 2.04. The number of ether oxygens (including phenoxy) is 2. The van der Waals surface area contributed by atoms with Crippen molar-refractivity contribution in [3.63, 3.8) is 0 Å². The normalized spacial score (nSPS) is 12.9. The first kappa shape index (κ1) is 15.3. The van der Waals surface area contributed by atoms with Gasteiger partial charge in [-0.2, -0.15) is 5.26 Å². The van der Waals surface area contributed by atoms with E-state index < -0.39 is 5.41 Å². The first-order valence-corrected chi connectivity index (χ1v) is 6.17. The number of nitriles is 1. The summed E-state index contributed by atoms with van der Waals surface area (Å²) in [5, 5.41) is 9.40. The molecule has 0 fully saturated rings. The molecule has 4 nitrogen and oxygen atoms in total. The zero-order valence-corrected chi connectivity index (χ0v) is 12.5. The molecule has 0 aliphatic heterocycles. The summed E-state index contributed by atoms with van der Waals surface area (Å²) < 4.78 is 10.6. The highest BCUT2D eigenvalue weighted by molar-refractivity contribution is 5.43. The SMILES string of the molecule is COc1ccc(C(N(C)C)C(C)(C)C#N)c(OC)c1. The average Bonchev–Trinajstić information content (AvgIpc) is 2.38. The van der Waals surface area contributed by atoms with Gasteiger partial charge in [0, 0.05) is 11.6 Å². The summed E-state index contributed by atoms with van der Waals surface area (Å²) in [6.07, 6.45) is 0. The largest absolute Gasteiger partial charge is 0.497 e. The number of hydrogen-bond acceptors (Lipinski definition) is 4. The summed E-state index contributed by atoms with van der Waals surface area (Å²) in [5.41, 5.74) is 0.464. The number of nitrogens with zero attached hydrogens (tertiary/aromatic N) is 2. The molecule has 19 heavy (non-hydrogen) atoms. The van der Waals surface area contributed by atoms with Gasteiger partial charge in [0.15, 0.2) is 0 Å². The van der Waals surface area contributed by atoms with Gasteiger partial charge in [0.05, 0.1) is 31.7 Å². The van der Waals surface area contributed by atoms with E-state index in [0.717, 1.165) is 17.1 Å². The van der Waals surface area contributed by atoms with Crippen LogP contribution in [0.25, 0.3) is 0 Å². The average molecular weight is 262 g/mol. The number of methoxy groups -OCH3 is 2. The van der Waals surface area contributed by atoms with Crippen LogP contribution in [0, 0.1) is 16.7 Å². The lowest BCUT2D eigenvalue weighted by Crippen LogP contribution is -2.32. The summed E-state index contributed by atoms with van der Waals surface area (Å²) in [6.45, 7) is 3.86. The van der Waals surface area contributed by atoms with Crippen molar-refractivity contribution in [2.75, 3.05) is 28.3 Å². The van der Waals surface area contributed by atoms with E-state index in [4.69, 9.17) is 9.47 Å². The number of benzene rings is 1. The van der Waals surface area contributed by atoms with Crippen LogP contribution >= 0.6 is 0 Å². The molecule has 4 heteroatoms. The molecule has 0 amide bonds. The Kier molecular flexibility index (Phi) is 4.79. The van der Waals surface area contributed by atoms with E-state index in [-0.39, 0.29) is 6.04 Å². The lowest BCUT2D eigenvalue weighted by molar-refractivity contribution is 0.180. The molecule has 104 valence electrons. The van der Waals surface area contributed by atoms with Crippen LogP contribution in [0.5, 0.6) is 11.5 Å². The van der Waals surface area contributed by atoms with Crippen LogP contribution in [-0.2, 0) is 0 Å². The smallest absolute Gasteiger partial charge is 0.127 e. The Bertz CT molecular complexity index is 476. The van der Waals surface area contributed by atoms with Gasteiger partial charge in [-0.3, -0.25) is 0 Å². The molecule has 0 N–H and O–H groups in total. The zero-order valence-electron chi connectivity index (χ0n) is 12.5. The van der Waals surface area contributed by atoms with Gasteiger partial charge in [0.1, 0.15) is 11.5 Å². The van der Waals surface area contributed by atoms with E-state index in [1.54, 1.807) is 14.2 Å². The van der Waals surface area contributed by atoms with Crippen LogP contribution in [0.1, 0.15) is 25.5 Å². The van der Waals surface area contributed by atoms with E-state index in [1.165, 1.54) is 0 Å². The molecule has 1 aromatic carbocycles. The van der Waals surface area contributed by atoms with Gasteiger partial charge < -0.3 is 14.4 Å². The fraction of sp³-hybridized carbons (Fsp3) is 0.533. The van der Waals surface area contributed by atoms with Crippen LogP contribution in [-0.4, -0.2) is 33.2 Å². The molecular weight excluding hydrogens is 240 g/mol. The summed E-state index contributed by atoms with van der Waals surface area (Å²) >= 11 is 0. The molecular formula is C15H22N2O2. The second-order valence-electron chi connectivity index (χ2n) is 5.31. The maximum absolute atomic E-state index is 9.40. The van der Waals surface area contributed by atoms with E-state index >= 15 is 0 Å². The molecule has 1 atom stereocenters. The van der Waals surface area contributed by atoms with Gasteiger partial charge >= 0.3 is 0 Å². The van der Waals surface area contributed by atoms with Crippen LogP contribution < -0.4 is 9.47 Å².